The molecule has 1 saturated carbocycles. The van der Waals surface area contributed by atoms with E-state index < -0.39 is 0 Å². The molecular weight excluding hydrogens is 168 g/mol. The Morgan fingerprint density at radius 2 is 1.64 bits per heavy atom. The topological polar surface area (TPSA) is 0 Å². The lowest BCUT2D eigenvalue weighted by molar-refractivity contribution is 0.330. The molecule has 0 heterocycles. The molecule has 0 spiro atoms. The van der Waals surface area contributed by atoms with E-state index in [-0.39, 0.29) is 0 Å². The van der Waals surface area contributed by atoms with Gasteiger partial charge in [0.15, 0.2) is 0 Å². The zero-order chi connectivity index (χ0) is 9.97. The van der Waals surface area contributed by atoms with E-state index in [1.165, 1.54) is 31.2 Å². The summed E-state index contributed by atoms with van der Waals surface area (Å²) in [4.78, 5) is 0. The average Bonchev–Trinajstić information content (AvgIpc) is 2.20. The minimum Gasteiger partial charge on any atom is -0.0619 e. The summed E-state index contributed by atoms with van der Waals surface area (Å²) in [5.41, 5.74) is 2.93. The molecule has 1 aromatic rings. The maximum atomic E-state index is 2.41. The number of hydrogen-bond acceptors (Lipinski definition) is 0. The minimum absolute atomic E-state index is 0.823. The molecule has 14 heavy (non-hydrogen) atoms. The van der Waals surface area contributed by atoms with Crippen LogP contribution >= 0.6 is 0 Å². The molecule has 0 amide bonds. The predicted octanol–water partition coefficient (Wildman–Crippen LogP) is 4.29. The summed E-state index contributed by atoms with van der Waals surface area (Å²) in [5, 5.41) is 0. The fourth-order valence-corrected chi connectivity index (χ4v) is 2.63. The fraction of sp³-hybridized carbons (Fsp3) is 0.571. The number of benzene rings is 1. The molecule has 0 bridgehead atoms. The fourth-order valence-electron chi connectivity index (χ4n) is 2.63. The Balaban J connectivity index is 2.16. The highest BCUT2D eigenvalue weighted by molar-refractivity contribution is 5.25. The van der Waals surface area contributed by atoms with Crippen LogP contribution in [0.2, 0.25) is 0 Å². The monoisotopic (exact) mass is 188 g/mol. The lowest BCUT2D eigenvalue weighted by Crippen LogP contribution is -2.14. The van der Waals surface area contributed by atoms with Crippen molar-refractivity contribution >= 4 is 0 Å². The smallest absolute Gasteiger partial charge is 0.0136 e. The standard InChI is InChI=1S/C14H20/c1-11-7-9-13(10-8-11)14-6-4-3-5-12(14)2/h7-10,12,14H,3-6H2,1-2H3/t12-,14+/m1/s1. The Morgan fingerprint density at radius 3 is 2.29 bits per heavy atom. The number of aryl methyl sites for hydroxylation is 1. The molecule has 2 rings (SSSR count). The van der Waals surface area contributed by atoms with Crippen LogP contribution in [-0.4, -0.2) is 0 Å². The van der Waals surface area contributed by atoms with Crippen LogP contribution < -0.4 is 0 Å². The molecule has 1 aromatic carbocycles. The lowest BCUT2D eigenvalue weighted by atomic mass is 9.76. The molecule has 0 heteroatoms. The van der Waals surface area contributed by atoms with Crippen LogP contribution in [0.25, 0.3) is 0 Å². The SMILES string of the molecule is Cc1ccc([C@H]2CCCC[C@H]2C)cc1. The van der Waals surface area contributed by atoms with Gasteiger partial charge in [-0.3, -0.25) is 0 Å². The first-order valence-electron chi connectivity index (χ1n) is 5.84. The predicted molar refractivity (Wildman–Crippen MR) is 61.6 cm³/mol. The van der Waals surface area contributed by atoms with Crippen molar-refractivity contribution in [2.45, 2.75) is 45.4 Å². The van der Waals surface area contributed by atoms with Crippen LogP contribution in [0.5, 0.6) is 0 Å². The first-order valence-corrected chi connectivity index (χ1v) is 5.84. The van der Waals surface area contributed by atoms with E-state index >= 15 is 0 Å². The number of hydrogen-bond donors (Lipinski definition) is 0. The third kappa shape index (κ3) is 2.00. The molecule has 1 aliphatic rings. The summed E-state index contributed by atoms with van der Waals surface area (Å²) in [6, 6.07) is 9.14. The molecule has 2 atom stereocenters. The third-order valence-corrected chi connectivity index (χ3v) is 3.62. The van der Waals surface area contributed by atoms with E-state index in [0.717, 1.165) is 11.8 Å². The molecule has 0 radical (unpaired) electrons. The van der Waals surface area contributed by atoms with E-state index in [2.05, 4.69) is 38.1 Å². The van der Waals surface area contributed by atoms with Gasteiger partial charge in [-0.1, -0.05) is 56.0 Å². The van der Waals surface area contributed by atoms with E-state index in [1.54, 1.807) is 5.56 Å². The van der Waals surface area contributed by atoms with Gasteiger partial charge in [-0.2, -0.15) is 0 Å². The molecule has 1 fully saturated rings. The van der Waals surface area contributed by atoms with Gasteiger partial charge in [0.05, 0.1) is 0 Å². The van der Waals surface area contributed by atoms with Gasteiger partial charge in [0.25, 0.3) is 0 Å². The summed E-state index contributed by atoms with van der Waals surface area (Å²) in [6.07, 6.45) is 5.66. The highest BCUT2D eigenvalue weighted by Gasteiger charge is 2.22. The Bertz CT molecular complexity index is 283. The zero-order valence-corrected chi connectivity index (χ0v) is 9.29. The average molecular weight is 188 g/mol. The van der Waals surface area contributed by atoms with Crippen molar-refractivity contribution < 1.29 is 0 Å². The summed E-state index contributed by atoms with van der Waals surface area (Å²) in [7, 11) is 0. The Morgan fingerprint density at radius 1 is 1.00 bits per heavy atom. The van der Waals surface area contributed by atoms with E-state index in [0.29, 0.717) is 0 Å². The normalized spacial score (nSPS) is 27.6. The van der Waals surface area contributed by atoms with Crippen molar-refractivity contribution in [3.05, 3.63) is 35.4 Å². The maximum Gasteiger partial charge on any atom is -0.0136 e. The van der Waals surface area contributed by atoms with Crippen molar-refractivity contribution in [2.75, 3.05) is 0 Å². The molecule has 0 N–H and O–H groups in total. The second-order valence-corrected chi connectivity index (χ2v) is 4.78. The van der Waals surface area contributed by atoms with Gasteiger partial charge in [-0.05, 0) is 30.7 Å². The summed E-state index contributed by atoms with van der Waals surface area (Å²) in [6.45, 7) is 4.57. The van der Waals surface area contributed by atoms with Crippen molar-refractivity contribution in [2.24, 2.45) is 5.92 Å². The van der Waals surface area contributed by atoms with Crippen molar-refractivity contribution in [3.63, 3.8) is 0 Å². The largest absolute Gasteiger partial charge is 0.0619 e. The van der Waals surface area contributed by atoms with Gasteiger partial charge in [0.1, 0.15) is 0 Å². The quantitative estimate of drug-likeness (QED) is 0.616. The van der Waals surface area contributed by atoms with Crippen LogP contribution in [-0.2, 0) is 0 Å². The van der Waals surface area contributed by atoms with Crippen LogP contribution in [0.1, 0.15) is 49.7 Å². The van der Waals surface area contributed by atoms with Crippen molar-refractivity contribution in [3.8, 4) is 0 Å². The highest BCUT2D eigenvalue weighted by atomic mass is 14.3. The van der Waals surface area contributed by atoms with Gasteiger partial charge in [-0.25, -0.2) is 0 Å². The molecular formula is C14H20. The highest BCUT2D eigenvalue weighted by Crippen LogP contribution is 2.37. The van der Waals surface area contributed by atoms with Gasteiger partial charge in [-0.15, -0.1) is 0 Å². The zero-order valence-electron chi connectivity index (χ0n) is 9.29. The van der Waals surface area contributed by atoms with Crippen LogP contribution in [0.3, 0.4) is 0 Å². The molecule has 76 valence electrons. The van der Waals surface area contributed by atoms with E-state index in [4.69, 9.17) is 0 Å². The molecule has 0 aromatic heterocycles. The van der Waals surface area contributed by atoms with Crippen LogP contribution in [0.4, 0.5) is 0 Å². The third-order valence-electron chi connectivity index (χ3n) is 3.62. The van der Waals surface area contributed by atoms with Crippen molar-refractivity contribution in [1.29, 1.82) is 0 Å². The lowest BCUT2D eigenvalue weighted by Gasteiger charge is -2.29. The molecule has 0 saturated heterocycles. The van der Waals surface area contributed by atoms with Gasteiger partial charge in [0, 0.05) is 0 Å². The first-order chi connectivity index (χ1) is 6.77. The summed E-state index contributed by atoms with van der Waals surface area (Å²) >= 11 is 0. The minimum atomic E-state index is 0.823. The Hall–Kier alpha value is -0.780. The second kappa shape index (κ2) is 4.16. The molecule has 0 aliphatic heterocycles. The van der Waals surface area contributed by atoms with Crippen molar-refractivity contribution in [1.82, 2.24) is 0 Å². The first kappa shape index (κ1) is 9.76. The van der Waals surface area contributed by atoms with Gasteiger partial charge < -0.3 is 0 Å². The second-order valence-electron chi connectivity index (χ2n) is 4.78. The summed E-state index contributed by atoms with van der Waals surface area (Å²) in [5.74, 6) is 1.70. The molecule has 1 aliphatic carbocycles. The Labute approximate surface area is 87.3 Å². The van der Waals surface area contributed by atoms with E-state index in [1.807, 2.05) is 0 Å². The molecule has 0 unspecified atom stereocenters. The summed E-state index contributed by atoms with van der Waals surface area (Å²) < 4.78 is 0. The van der Waals surface area contributed by atoms with Crippen LogP contribution in [0.15, 0.2) is 24.3 Å². The van der Waals surface area contributed by atoms with Gasteiger partial charge >= 0.3 is 0 Å². The Kier molecular flexibility index (Phi) is 2.90. The van der Waals surface area contributed by atoms with E-state index in [9.17, 15) is 0 Å². The van der Waals surface area contributed by atoms with Crippen LogP contribution in [0, 0.1) is 12.8 Å². The molecule has 0 nitrogen and oxygen atoms in total. The maximum absolute atomic E-state index is 2.41. The van der Waals surface area contributed by atoms with Gasteiger partial charge in [0.2, 0.25) is 0 Å². The number of rotatable bonds is 1.